The number of rotatable bonds is 3. The molecular formula is C11H15N2O-. The van der Waals surface area contributed by atoms with Crippen LogP contribution in [0.2, 0.25) is 0 Å². The average Bonchev–Trinajstić information content (AvgIpc) is 2.27. The first-order valence-corrected chi connectivity index (χ1v) is 4.52. The summed E-state index contributed by atoms with van der Waals surface area (Å²) in [5.41, 5.74) is 0.991. The van der Waals surface area contributed by atoms with Crippen LogP contribution in [-0.4, -0.2) is 19.1 Å². The summed E-state index contributed by atoms with van der Waals surface area (Å²) < 4.78 is 0. The SMILES string of the molecule is C/C=C(\[O-])N(C)N(C)c1ccccc1. The van der Waals surface area contributed by atoms with Crippen LogP contribution in [0, 0.1) is 0 Å². The molecule has 0 saturated carbocycles. The fraction of sp³-hybridized carbons (Fsp3) is 0.273. The summed E-state index contributed by atoms with van der Waals surface area (Å²) in [6.07, 6.45) is 1.54. The van der Waals surface area contributed by atoms with Crippen molar-refractivity contribution in [2.75, 3.05) is 19.1 Å². The lowest BCUT2D eigenvalue weighted by Gasteiger charge is -2.36. The van der Waals surface area contributed by atoms with Gasteiger partial charge in [-0.2, -0.15) is 0 Å². The highest BCUT2D eigenvalue weighted by atomic mass is 16.3. The first-order chi connectivity index (χ1) is 6.66. The predicted octanol–water partition coefficient (Wildman–Crippen LogP) is 1.19. The zero-order valence-electron chi connectivity index (χ0n) is 8.77. The Kier molecular flexibility index (Phi) is 3.40. The van der Waals surface area contributed by atoms with E-state index in [1.165, 1.54) is 0 Å². The van der Waals surface area contributed by atoms with Crippen molar-refractivity contribution in [1.29, 1.82) is 0 Å². The number of allylic oxidation sites excluding steroid dienone is 1. The predicted molar refractivity (Wildman–Crippen MR) is 56.4 cm³/mol. The second-order valence-corrected chi connectivity index (χ2v) is 3.01. The van der Waals surface area contributed by atoms with Crippen LogP contribution < -0.4 is 10.1 Å². The van der Waals surface area contributed by atoms with Crippen LogP contribution in [0.4, 0.5) is 5.69 Å². The van der Waals surface area contributed by atoms with E-state index in [0.717, 1.165) is 5.69 Å². The van der Waals surface area contributed by atoms with Gasteiger partial charge in [-0.05, 0) is 24.9 Å². The summed E-state index contributed by atoms with van der Waals surface area (Å²) in [6.45, 7) is 1.73. The third-order valence-corrected chi connectivity index (χ3v) is 2.15. The van der Waals surface area contributed by atoms with Crippen LogP contribution in [0.1, 0.15) is 6.92 Å². The number of para-hydroxylation sites is 1. The Balaban J connectivity index is 2.81. The van der Waals surface area contributed by atoms with Crippen LogP contribution in [0.15, 0.2) is 42.3 Å². The number of hydrogen-bond acceptors (Lipinski definition) is 3. The minimum Gasteiger partial charge on any atom is -0.859 e. The van der Waals surface area contributed by atoms with E-state index in [1.807, 2.05) is 42.4 Å². The van der Waals surface area contributed by atoms with Gasteiger partial charge in [-0.15, -0.1) is 0 Å². The maximum Gasteiger partial charge on any atom is 0.0570 e. The minimum absolute atomic E-state index is 0.0173. The van der Waals surface area contributed by atoms with E-state index in [-0.39, 0.29) is 5.88 Å². The number of hydrazine groups is 1. The minimum atomic E-state index is -0.0173. The molecule has 1 rings (SSSR count). The smallest absolute Gasteiger partial charge is 0.0570 e. The van der Waals surface area contributed by atoms with E-state index in [9.17, 15) is 5.11 Å². The fourth-order valence-electron chi connectivity index (χ4n) is 1.15. The molecule has 0 aliphatic carbocycles. The zero-order valence-corrected chi connectivity index (χ0v) is 8.77. The van der Waals surface area contributed by atoms with Gasteiger partial charge in [0.15, 0.2) is 0 Å². The molecule has 3 heteroatoms. The van der Waals surface area contributed by atoms with Crippen LogP contribution in [-0.2, 0) is 0 Å². The van der Waals surface area contributed by atoms with E-state index in [0.29, 0.717) is 0 Å². The first-order valence-electron chi connectivity index (χ1n) is 4.52. The highest BCUT2D eigenvalue weighted by Gasteiger charge is 2.02. The monoisotopic (exact) mass is 191 g/mol. The van der Waals surface area contributed by atoms with Gasteiger partial charge in [0.2, 0.25) is 0 Å². The molecule has 0 N–H and O–H groups in total. The van der Waals surface area contributed by atoms with Crippen LogP contribution in [0.5, 0.6) is 0 Å². The highest BCUT2D eigenvalue weighted by molar-refractivity contribution is 5.44. The largest absolute Gasteiger partial charge is 0.859 e. The Bertz CT molecular complexity index is 308. The lowest BCUT2D eigenvalue weighted by atomic mass is 10.3. The summed E-state index contributed by atoms with van der Waals surface area (Å²) in [5, 5.41) is 14.7. The molecule has 76 valence electrons. The summed E-state index contributed by atoms with van der Waals surface area (Å²) in [6, 6.07) is 9.75. The number of benzene rings is 1. The molecule has 0 amide bonds. The summed E-state index contributed by atoms with van der Waals surface area (Å²) >= 11 is 0. The van der Waals surface area contributed by atoms with Gasteiger partial charge >= 0.3 is 0 Å². The molecule has 3 nitrogen and oxygen atoms in total. The fourth-order valence-corrected chi connectivity index (χ4v) is 1.15. The summed E-state index contributed by atoms with van der Waals surface area (Å²) in [5.74, 6) is -0.0173. The average molecular weight is 191 g/mol. The maximum absolute atomic E-state index is 11.4. The highest BCUT2D eigenvalue weighted by Crippen LogP contribution is 2.13. The number of hydrogen-bond donors (Lipinski definition) is 0. The Labute approximate surface area is 84.9 Å². The molecule has 0 aromatic heterocycles. The lowest BCUT2D eigenvalue weighted by molar-refractivity contribution is -0.331. The van der Waals surface area contributed by atoms with E-state index in [4.69, 9.17) is 0 Å². The Morgan fingerprint density at radius 1 is 1.21 bits per heavy atom. The molecule has 0 spiro atoms. The summed E-state index contributed by atoms with van der Waals surface area (Å²) in [7, 11) is 3.60. The molecule has 14 heavy (non-hydrogen) atoms. The quantitative estimate of drug-likeness (QED) is 0.531. The van der Waals surface area contributed by atoms with E-state index >= 15 is 0 Å². The molecule has 1 aromatic carbocycles. The molecule has 0 aliphatic rings. The molecule has 0 atom stereocenters. The van der Waals surface area contributed by atoms with Gasteiger partial charge in [-0.3, -0.25) is 5.01 Å². The van der Waals surface area contributed by atoms with Gasteiger partial charge in [0.25, 0.3) is 0 Å². The van der Waals surface area contributed by atoms with Gasteiger partial charge < -0.3 is 10.1 Å². The molecule has 0 fully saturated rings. The third-order valence-electron chi connectivity index (χ3n) is 2.15. The second kappa shape index (κ2) is 4.56. The van der Waals surface area contributed by atoms with Crippen molar-refractivity contribution in [3.63, 3.8) is 0 Å². The maximum atomic E-state index is 11.4. The Morgan fingerprint density at radius 2 is 1.79 bits per heavy atom. The van der Waals surface area contributed by atoms with Crippen molar-refractivity contribution in [2.45, 2.75) is 6.92 Å². The van der Waals surface area contributed by atoms with Crippen molar-refractivity contribution in [3.8, 4) is 0 Å². The second-order valence-electron chi connectivity index (χ2n) is 3.01. The van der Waals surface area contributed by atoms with Gasteiger partial charge in [-0.25, -0.2) is 0 Å². The van der Waals surface area contributed by atoms with Crippen molar-refractivity contribution in [3.05, 3.63) is 42.3 Å². The normalized spacial score (nSPS) is 11.2. The molecule has 0 bridgehead atoms. The van der Waals surface area contributed by atoms with E-state index in [1.54, 1.807) is 25.1 Å². The van der Waals surface area contributed by atoms with Gasteiger partial charge in [0.1, 0.15) is 0 Å². The zero-order chi connectivity index (χ0) is 10.6. The third kappa shape index (κ3) is 2.19. The Morgan fingerprint density at radius 3 is 2.29 bits per heavy atom. The number of anilines is 1. The van der Waals surface area contributed by atoms with Crippen molar-refractivity contribution < 1.29 is 5.11 Å². The molecule has 0 saturated heterocycles. The van der Waals surface area contributed by atoms with Crippen molar-refractivity contribution >= 4 is 5.69 Å². The van der Waals surface area contributed by atoms with Crippen molar-refractivity contribution in [1.82, 2.24) is 5.01 Å². The van der Waals surface area contributed by atoms with Crippen LogP contribution in [0.25, 0.3) is 0 Å². The molecule has 0 aliphatic heterocycles. The van der Waals surface area contributed by atoms with Crippen molar-refractivity contribution in [2.24, 2.45) is 0 Å². The van der Waals surface area contributed by atoms with Gasteiger partial charge in [-0.1, -0.05) is 24.3 Å². The van der Waals surface area contributed by atoms with E-state index < -0.39 is 0 Å². The van der Waals surface area contributed by atoms with Crippen LogP contribution >= 0.6 is 0 Å². The molecular weight excluding hydrogens is 176 g/mol. The van der Waals surface area contributed by atoms with Crippen LogP contribution in [0.3, 0.4) is 0 Å². The van der Waals surface area contributed by atoms with Gasteiger partial charge in [0, 0.05) is 14.1 Å². The van der Waals surface area contributed by atoms with E-state index in [2.05, 4.69) is 0 Å². The topological polar surface area (TPSA) is 29.5 Å². The summed E-state index contributed by atoms with van der Waals surface area (Å²) in [4.78, 5) is 0. The standard InChI is InChI=1S/C11H16N2O/c1-4-11(14)13(3)12(2)10-8-6-5-7-9-10/h4-9,14H,1-3H3/p-1/b11-4-. The molecule has 0 radical (unpaired) electrons. The van der Waals surface area contributed by atoms with Gasteiger partial charge in [0.05, 0.1) is 5.69 Å². The molecule has 0 unspecified atom stereocenters. The first kappa shape index (κ1) is 10.4. The Hall–Kier alpha value is -1.64. The molecule has 0 heterocycles. The number of nitrogens with zero attached hydrogens (tertiary/aromatic N) is 2. The lowest BCUT2D eigenvalue weighted by Crippen LogP contribution is -2.40. The molecule has 1 aromatic rings.